The van der Waals surface area contributed by atoms with Gasteiger partial charge in [0.1, 0.15) is 5.69 Å². The number of aromatic nitrogens is 1. The monoisotopic (exact) mass is 344 g/mol. The molecule has 0 aliphatic heterocycles. The zero-order chi connectivity index (χ0) is 14.0. The Morgan fingerprint density at radius 3 is 2.58 bits per heavy atom. The molecule has 0 unspecified atom stereocenters. The van der Waals surface area contributed by atoms with Crippen LogP contribution in [0.5, 0.6) is 0 Å². The second kappa shape index (κ2) is 5.34. The van der Waals surface area contributed by atoms with Crippen molar-refractivity contribution in [3.05, 3.63) is 41.3 Å². The number of halogens is 1. The fraction of sp³-hybridized carbons (Fsp3) is 0.250. The second-order valence-electron chi connectivity index (χ2n) is 4.05. The molecular weight excluding hydrogens is 332 g/mol. The summed E-state index contributed by atoms with van der Waals surface area (Å²) < 4.78 is 32.2. The Morgan fingerprint density at radius 2 is 2.00 bits per heavy atom. The van der Waals surface area contributed by atoms with Crippen molar-refractivity contribution in [3.63, 3.8) is 0 Å². The quantitative estimate of drug-likeness (QED) is 0.865. The number of rotatable bonds is 4. The molecule has 0 aliphatic rings. The molecular formula is C12H13BrN2O3S. The first-order valence-electron chi connectivity index (χ1n) is 5.55. The molecule has 0 bridgehead atoms. The maximum absolute atomic E-state index is 12.3. The van der Waals surface area contributed by atoms with E-state index in [1.54, 1.807) is 26.0 Å². The standard InChI is InChI=1S/C12H13BrN2O3S/c1-8-12(9(2)18-14-8)19(16,17)15-11-6-4-3-5-10(11)7-13/h3-6,15H,7H2,1-2H3. The molecule has 0 amide bonds. The minimum atomic E-state index is -3.69. The Hall–Kier alpha value is -1.34. The van der Waals surface area contributed by atoms with Crippen LogP contribution in [0.3, 0.4) is 0 Å². The van der Waals surface area contributed by atoms with Crippen molar-refractivity contribution < 1.29 is 12.9 Å². The number of anilines is 1. The molecule has 1 N–H and O–H groups in total. The molecule has 0 saturated carbocycles. The summed E-state index contributed by atoms with van der Waals surface area (Å²) in [7, 11) is -3.69. The first-order chi connectivity index (χ1) is 8.95. The van der Waals surface area contributed by atoms with Gasteiger partial charge in [0.15, 0.2) is 10.7 Å². The van der Waals surface area contributed by atoms with E-state index in [-0.39, 0.29) is 10.7 Å². The summed E-state index contributed by atoms with van der Waals surface area (Å²) in [5.41, 5.74) is 1.75. The van der Waals surface area contributed by atoms with E-state index in [0.29, 0.717) is 16.7 Å². The Labute approximate surface area is 120 Å². The molecule has 2 aromatic rings. The predicted octanol–water partition coefficient (Wildman–Crippen LogP) is 2.99. The van der Waals surface area contributed by atoms with Gasteiger partial charge in [0.25, 0.3) is 10.0 Å². The molecule has 7 heteroatoms. The Morgan fingerprint density at radius 1 is 1.32 bits per heavy atom. The lowest BCUT2D eigenvalue weighted by atomic mass is 10.2. The second-order valence-corrected chi connectivity index (χ2v) is 6.23. The van der Waals surface area contributed by atoms with Crippen molar-refractivity contribution in [1.82, 2.24) is 5.16 Å². The van der Waals surface area contributed by atoms with Crippen LogP contribution >= 0.6 is 15.9 Å². The third-order valence-corrected chi connectivity index (χ3v) is 4.86. The van der Waals surface area contributed by atoms with E-state index >= 15 is 0 Å². The van der Waals surface area contributed by atoms with Gasteiger partial charge in [-0.3, -0.25) is 4.72 Å². The Bertz CT molecular complexity index is 675. The van der Waals surface area contributed by atoms with Gasteiger partial charge in [0.2, 0.25) is 0 Å². The minimum Gasteiger partial charge on any atom is -0.360 e. The molecule has 102 valence electrons. The van der Waals surface area contributed by atoms with E-state index in [4.69, 9.17) is 4.52 Å². The highest BCUT2D eigenvalue weighted by molar-refractivity contribution is 9.08. The number of benzene rings is 1. The van der Waals surface area contributed by atoms with Crippen molar-refractivity contribution in [1.29, 1.82) is 0 Å². The van der Waals surface area contributed by atoms with Crippen LogP contribution in [0.15, 0.2) is 33.7 Å². The van der Waals surface area contributed by atoms with Crippen molar-refractivity contribution in [2.75, 3.05) is 4.72 Å². The number of nitrogens with one attached hydrogen (secondary N) is 1. The van der Waals surface area contributed by atoms with Crippen LogP contribution in [-0.4, -0.2) is 13.6 Å². The molecule has 0 atom stereocenters. The normalized spacial score (nSPS) is 11.5. The van der Waals surface area contributed by atoms with Gasteiger partial charge < -0.3 is 4.52 Å². The number of hydrogen-bond donors (Lipinski definition) is 1. The highest BCUT2D eigenvalue weighted by atomic mass is 79.9. The summed E-state index contributed by atoms with van der Waals surface area (Å²) in [5, 5.41) is 4.23. The summed E-state index contributed by atoms with van der Waals surface area (Å²) in [6, 6.07) is 7.19. The van der Waals surface area contributed by atoms with E-state index < -0.39 is 10.0 Å². The highest BCUT2D eigenvalue weighted by Gasteiger charge is 2.24. The molecule has 0 fully saturated rings. The van der Waals surface area contributed by atoms with Crippen LogP contribution in [0, 0.1) is 13.8 Å². The van der Waals surface area contributed by atoms with Gasteiger partial charge in [-0.2, -0.15) is 0 Å². The maximum Gasteiger partial charge on any atom is 0.267 e. The SMILES string of the molecule is Cc1noc(C)c1S(=O)(=O)Nc1ccccc1CBr. The lowest BCUT2D eigenvalue weighted by Crippen LogP contribution is -2.15. The van der Waals surface area contributed by atoms with Crippen LogP contribution in [0.1, 0.15) is 17.0 Å². The van der Waals surface area contributed by atoms with Crippen molar-refractivity contribution in [2.45, 2.75) is 24.1 Å². The molecule has 19 heavy (non-hydrogen) atoms. The summed E-state index contributed by atoms with van der Waals surface area (Å²) in [6.45, 7) is 3.17. The van der Waals surface area contributed by atoms with Gasteiger partial charge in [-0.25, -0.2) is 8.42 Å². The van der Waals surface area contributed by atoms with E-state index in [9.17, 15) is 8.42 Å². The van der Waals surface area contributed by atoms with E-state index in [1.807, 2.05) is 12.1 Å². The minimum absolute atomic E-state index is 0.0943. The van der Waals surface area contributed by atoms with Gasteiger partial charge in [0, 0.05) is 5.33 Å². The Balaban J connectivity index is 2.43. The fourth-order valence-electron chi connectivity index (χ4n) is 1.79. The third kappa shape index (κ3) is 2.82. The number of sulfonamides is 1. The first kappa shape index (κ1) is 14.1. The summed E-state index contributed by atoms with van der Waals surface area (Å²) >= 11 is 3.33. The van der Waals surface area contributed by atoms with Gasteiger partial charge in [-0.05, 0) is 25.5 Å². The highest BCUT2D eigenvalue weighted by Crippen LogP contribution is 2.25. The molecule has 0 saturated heterocycles. The molecule has 5 nitrogen and oxygen atoms in total. The van der Waals surface area contributed by atoms with E-state index in [0.717, 1.165) is 5.56 Å². The fourth-order valence-corrected chi connectivity index (χ4v) is 3.71. The van der Waals surface area contributed by atoms with E-state index in [2.05, 4.69) is 25.8 Å². The first-order valence-corrected chi connectivity index (χ1v) is 8.15. The molecule has 1 aromatic carbocycles. The number of para-hydroxylation sites is 1. The average molecular weight is 345 g/mol. The summed E-state index contributed by atoms with van der Waals surface area (Å²) in [4.78, 5) is 0.0943. The number of alkyl halides is 1. The van der Waals surface area contributed by atoms with Crippen LogP contribution < -0.4 is 4.72 Å². The third-order valence-electron chi connectivity index (χ3n) is 2.64. The maximum atomic E-state index is 12.3. The topological polar surface area (TPSA) is 72.2 Å². The van der Waals surface area contributed by atoms with E-state index in [1.165, 1.54) is 0 Å². The van der Waals surface area contributed by atoms with Gasteiger partial charge in [-0.15, -0.1) is 0 Å². The number of nitrogens with zero attached hydrogens (tertiary/aromatic N) is 1. The molecule has 0 spiro atoms. The lowest BCUT2D eigenvalue weighted by Gasteiger charge is -2.10. The van der Waals surface area contributed by atoms with Crippen LogP contribution in [0.25, 0.3) is 0 Å². The molecule has 2 rings (SSSR count). The largest absolute Gasteiger partial charge is 0.360 e. The Kier molecular flexibility index (Phi) is 3.96. The summed E-state index contributed by atoms with van der Waals surface area (Å²) in [5.74, 6) is 0.279. The number of hydrogen-bond acceptors (Lipinski definition) is 4. The smallest absolute Gasteiger partial charge is 0.267 e. The van der Waals surface area contributed by atoms with Crippen LogP contribution in [0.2, 0.25) is 0 Å². The van der Waals surface area contributed by atoms with Gasteiger partial charge >= 0.3 is 0 Å². The van der Waals surface area contributed by atoms with Crippen molar-refractivity contribution >= 4 is 31.6 Å². The zero-order valence-electron chi connectivity index (χ0n) is 10.5. The lowest BCUT2D eigenvalue weighted by molar-refractivity contribution is 0.390. The molecule has 0 aliphatic carbocycles. The van der Waals surface area contributed by atoms with Crippen molar-refractivity contribution in [2.24, 2.45) is 0 Å². The zero-order valence-corrected chi connectivity index (χ0v) is 12.9. The van der Waals surface area contributed by atoms with Gasteiger partial charge in [0.05, 0.1) is 5.69 Å². The summed E-state index contributed by atoms with van der Waals surface area (Å²) in [6.07, 6.45) is 0. The predicted molar refractivity (Wildman–Crippen MR) is 75.9 cm³/mol. The average Bonchev–Trinajstić information content (AvgIpc) is 2.70. The van der Waals surface area contributed by atoms with Crippen LogP contribution in [0.4, 0.5) is 5.69 Å². The number of aryl methyl sites for hydroxylation is 2. The van der Waals surface area contributed by atoms with Crippen LogP contribution in [-0.2, 0) is 15.4 Å². The molecule has 0 radical (unpaired) electrons. The molecule has 1 aromatic heterocycles. The van der Waals surface area contributed by atoms with Crippen molar-refractivity contribution in [3.8, 4) is 0 Å². The molecule has 1 heterocycles. The van der Waals surface area contributed by atoms with Gasteiger partial charge in [-0.1, -0.05) is 39.3 Å².